The van der Waals surface area contributed by atoms with E-state index in [1.165, 1.54) is 4.90 Å². The summed E-state index contributed by atoms with van der Waals surface area (Å²) >= 11 is 0. The topological polar surface area (TPSA) is 80.3 Å². The monoisotopic (exact) mass is 437 g/mol. The molecule has 2 aromatic rings. The highest BCUT2D eigenvalue weighted by atomic mass is 16.5. The largest absolute Gasteiger partial charge is 0.497 e. The quantitative estimate of drug-likeness (QED) is 0.721. The van der Waals surface area contributed by atoms with Crippen molar-refractivity contribution in [3.8, 4) is 17.2 Å². The van der Waals surface area contributed by atoms with Crippen LogP contribution in [0, 0.1) is 0 Å². The summed E-state index contributed by atoms with van der Waals surface area (Å²) in [6.07, 6.45) is 0.654. The predicted molar refractivity (Wildman–Crippen MR) is 119 cm³/mol. The Hall–Kier alpha value is -3.68. The summed E-state index contributed by atoms with van der Waals surface area (Å²) in [4.78, 5) is 29.3. The van der Waals surface area contributed by atoms with Gasteiger partial charge in [0.15, 0.2) is 11.5 Å². The maximum Gasteiger partial charge on any atom is 0.322 e. The Balaban J connectivity index is 1.55. The van der Waals surface area contributed by atoms with E-state index < -0.39 is 6.04 Å². The van der Waals surface area contributed by atoms with Crippen molar-refractivity contribution < 1.29 is 23.8 Å². The lowest BCUT2D eigenvalue weighted by atomic mass is 9.95. The van der Waals surface area contributed by atoms with Crippen molar-refractivity contribution in [2.45, 2.75) is 12.5 Å². The number of nitrogens with zero attached hydrogens (tertiary/aromatic N) is 2. The summed E-state index contributed by atoms with van der Waals surface area (Å²) in [7, 11) is 6.48. The van der Waals surface area contributed by atoms with E-state index in [4.69, 9.17) is 14.2 Å². The summed E-state index contributed by atoms with van der Waals surface area (Å²) in [5.41, 5.74) is 3.19. The molecule has 0 spiro atoms. The van der Waals surface area contributed by atoms with Crippen LogP contribution in [0.4, 0.5) is 4.79 Å². The number of urea groups is 1. The number of hydrogen-bond donors (Lipinski definition) is 1. The van der Waals surface area contributed by atoms with Crippen molar-refractivity contribution in [3.63, 3.8) is 0 Å². The number of rotatable bonds is 7. The van der Waals surface area contributed by atoms with E-state index >= 15 is 0 Å². The SMILES string of the molecule is COc1cccc([C@H]2NC(=O)N(C)C3=C2C(=O)N(CCc2ccc(OC)c(OC)c2)C3)c1. The van der Waals surface area contributed by atoms with E-state index in [1.807, 2.05) is 42.5 Å². The number of carbonyl (C=O) groups is 2. The summed E-state index contributed by atoms with van der Waals surface area (Å²) in [5, 5.41) is 2.95. The molecule has 0 saturated heterocycles. The molecule has 0 fully saturated rings. The first kappa shape index (κ1) is 21.5. The van der Waals surface area contributed by atoms with E-state index in [0.29, 0.717) is 42.3 Å². The Morgan fingerprint density at radius 1 is 1.00 bits per heavy atom. The standard InChI is InChI=1S/C24H27N3O5/c1-26-18-14-27(11-10-15-8-9-19(31-3)20(12-15)32-4)23(28)21(18)22(25-24(26)29)16-6-5-7-17(13-16)30-2/h5-9,12-13,22H,10-11,14H2,1-4H3,(H,25,29)/t22-/m1/s1. The van der Waals surface area contributed by atoms with Crippen LogP contribution in [0.25, 0.3) is 0 Å². The minimum absolute atomic E-state index is 0.0693. The minimum atomic E-state index is -0.512. The van der Waals surface area contributed by atoms with Crippen LogP contribution < -0.4 is 19.5 Å². The fourth-order valence-electron chi connectivity index (χ4n) is 4.18. The molecule has 0 aliphatic carbocycles. The lowest BCUT2D eigenvalue weighted by Gasteiger charge is -2.31. The van der Waals surface area contributed by atoms with Gasteiger partial charge in [-0.1, -0.05) is 18.2 Å². The summed E-state index contributed by atoms with van der Waals surface area (Å²) in [6.45, 7) is 0.917. The van der Waals surface area contributed by atoms with E-state index in [2.05, 4.69) is 5.32 Å². The fraction of sp³-hybridized carbons (Fsp3) is 0.333. The number of benzene rings is 2. The van der Waals surface area contributed by atoms with E-state index in [-0.39, 0.29) is 11.9 Å². The zero-order chi connectivity index (χ0) is 22.8. The number of ether oxygens (including phenoxy) is 3. The van der Waals surface area contributed by atoms with Gasteiger partial charge in [0.1, 0.15) is 5.75 Å². The minimum Gasteiger partial charge on any atom is -0.497 e. The van der Waals surface area contributed by atoms with Gasteiger partial charge in [0.2, 0.25) is 0 Å². The van der Waals surface area contributed by atoms with Gasteiger partial charge < -0.3 is 24.4 Å². The summed E-state index contributed by atoms with van der Waals surface area (Å²) in [5.74, 6) is 1.93. The van der Waals surface area contributed by atoms with Crippen LogP contribution in [0.5, 0.6) is 17.2 Å². The zero-order valence-corrected chi connectivity index (χ0v) is 18.7. The van der Waals surface area contributed by atoms with Gasteiger partial charge in [-0.05, 0) is 41.8 Å². The molecule has 2 aromatic carbocycles. The van der Waals surface area contributed by atoms with E-state index in [1.54, 1.807) is 33.3 Å². The Morgan fingerprint density at radius 3 is 2.50 bits per heavy atom. The number of likely N-dealkylation sites (N-methyl/N-ethyl adjacent to an activating group) is 1. The number of hydrogen-bond acceptors (Lipinski definition) is 5. The van der Waals surface area contributed by atoms with Gasteiger partial charge in [0.05, 0.1) is 45.2 Å². The molecule has 0 saturated carbocycles. The molecule has 2 aliphatic heterocycles. The van der Waals surface area contributed by atoms with Crippen LogP contribution in [0.15, 0.2) is 53.7 Å². The third kappa shape index (κ3) is 3.84. The Bertz CT molecular complexity index is 1080. The van der Waals surface area contributed by atoms with Gasteiger partial charge in [-0.2, -0.15) is 0 Å². The molecule has 4 rings (SSSR count). The first-order chi connectivity index (χ1) is 15.5. The second-order valence-corrected chi connectivity index (χ2v) is 7.74. The maximum absolute atomic E-state index is 13.4. The van der Waals surface area contributed by atoms with E-state index in [9.17, 15) is 9.59 Å². The molecule has 2 heterocycles. The molecule has 0 radical (unpaired) electrons. The second kappa shape index (κ2) is 8.82. The van der Waals surface area contributed by atoms with Crippen LogP contribution in [-0.2, 0) is 11.2 Å². The average Bonchev–Trinajstić information content (AvgIpc) is 3.16. The molecule has 168 valence electrons. The first-order valence-corrected chi connectivity index (χ1v) is 10.4. The van der Waals surface area contributed by atoms with Crippen LogP contribution in [0.2, 0.25) is 0 Å². The van der Waals surface area contributed by atoms with E-state index in [0.717, 1.165) is 16.8 Å². The van der Waals surface area contributed by atoms with Crippen molar-refractivity contribution in [2.75, 3.05) is 41.5 Å². The van der Waals surface area contributed by atoms with Gasteiger partial charge >= 0.3 is 6.03 Å². The van der Waals surface area contributed by atoms with Gasteiger partial charge in [-0.25, -0.2) is 4.79 Å². The molecular formula is C24H27N3O5. The van der Waals surface area contributed by atoms with Gasteiger partial charge in [0, 0.05) is 13.6 Å². The molecule has 3 amide bonds. The highest BCUT2D eigenvalue weighted by Crippen LogP contribution is 2.36. The Kier molecular flexibility index (Phi) is 5.94. The van der Waals surface area contributed by atoms with Crippen molar-refractivity contribution >= 4 is 11.9 Å². The summed E-state index contributed by atoms with van der Waals surface area (Å²) in [6, 6.07) is 12.4. The molecule has 1 atom stereocenters. The maximum atomic E-state index is 13.4. The Morgan fingerprint density at radius 2 is 1.78 bits per heavy atom. The number of nitrogens with one attached hydrogen (secondary N) is 1. The van der Waals surface area contributed by atoms with Crippen LogP contribution >= 0.6 is 0 Å². The molecule has 32 heavy (non-hydrogen) atoms. The molecule has 1 N–H and O–H groups in total. The normalized spacial score (nSPS) is 17.9. The number of amides is 3. The van der Waals surface area contributed by atoms with Gasteiger partial charge in [0.25, 0.3) is 5.91 Å². The van der Waals surface area contributed by atoms with Crippen molar-refractivity contribution in [1.82, 2.24) is 15.1 Å². The number of methoxy groups -OCH3 is 3. The molecule has 2 aliphatic rings. The molecule has 8 nitrogen and oxygen atoms in total. The zero-order valence-electron chi connectivity index (χ0n) is 18.7. The molecule has 0 unspecified atom stereocenters. The summed E-state index contributed by atoms with van der Waals surface area (Å²) < 4.78 is 16.0. The second-order valence-electron chi connectivity index (χ2n) is 7.74. The third-order valence-electron chi connectivity index (χ3n) is 5.98. The van der Waals surface area contributed by atoms with Crippen LogP contribution in [0.3, 0.4) is 0 Å². The molecular weight excluding hydrogens is 410 g/mol. The van der Waals surface area contributed by atoms with Crippen molar-refractivity contribution in [1.29, 1.82) is 0 Å². The lowest BCUT2D eigenvalue weighted by molar-refractivity contribution is -0.125. The molecule has 0 aromatic heterocycles. The molecule has 0 bridgehead atoms. The van der Waals surface area contributed by atoms with Gasteiger partial charge in [-0.15, -0.1) is 0 Å². The predicted octanol–water partition coefficient (Wildman–Crippen LogP) is 2.75. The van der Waals surface area contributed by atoms with Crippen LogP contribution in [-0.4, -0.2) is 63.2 Å². The first-order valence-electron chi connectivity index (χ1n) is 10.4. The lowest BCUT2D eigenvalue weighted by Crippen LogP contribution is -2.45. The fourth-order valence-corrected chi connectivity index (χ4v) is 4.18. The van der Waals surface area contributed by atoms with Crippen molar-refractivity contribution in [3.05, 3.63) is 64.9 Å². The van der Waals surface area contributed by atoms with Gasteiger partial charge in [-0.3, -0.25) is 9.69 Å². The third-order valence-corrected chi connectivity index (χ3v) is 5.98. The Labute approximate surface area is 187 Å². The van der Waals surface area contributed by atoms with Crippen molar-refractivity contribution in [2.24, 2.45) is 0 Å². The smallest absolute Gasteiger partial charge is 0.322 e. The van der Waals surface area contributed by atoms with Crippen LogP contribution in [0.1, 0.15) is 17.2 Å². The highest BCUT2D eigenvalue weighted by molar-refractivity contribution is 6.01. The molecule has 8 heteroatoms. The highest BCUT2D eigenvalue weighted by Gasteiger charge is 2.42. The number of carbonyl (C=O) groups excluding carboxylic acids is 2. The average molecular weight is 437 g/mol.